The summed E-state index contributed by atoms with van der Waals surface area (Å²) in [5.74, 6) is -0.565. The summed E-state index contributed by atoms with van der Waals surface area (Å²) in [6.07, 6.45) is 2.91. The van der Waals surface area contributed by atoms with Crippen molar-refractivity contribution in [2.75, 3.05) is 0 Å². The lowest BCUT2D eigenvalue weighted by Gasteiger charge is -2.14. The van der Waals surface area contributed by atoms with E-state index in [1.54, 1.807) is 17.7 Å². The van der Waals surface area contributed by atoms with Gasteiger partial charge in [-0.1, -0.05) is 6.07 Å². The van der Waals surface area contributed by atoms with Gasteiger partial charge in [0.25, 0.3) is 5.56 Å². The summed E-state index contributed by atoms with van der Waals surface area (Å²) in [4.78, 5) is 32.1. The highest BCUT2D eigenvalue weighted by molar-refractivity contribution is 5.70. The fraction of sp³-hybridized carbons (Fsp3) is 0.286. The quantitative estimate of drug-likeness (QED) is 0.649. The van der Waals surface area contributed by atoms with Crippen LogP contribution in [-0.4, -0.2) is 23.7 Å². The standard InChI is InChI=1S/C14H14FN5O2/c1-8(9-4-5-10(15)16-6-9)20-7-17-12-11(20)13(21)19(3)14(22)18(12)2/h4-8H,1-3H3. The van der Waals surface area contributed by atoms with Crippen LogP contribution in [0.4, 0.5) is 4.39 Å². The number of hydrogen-bond acceptors (Lipinski definition) is 4. The highest BCUT2D eigenvalue weighted by Crippen LogP contribution is 2.20. The van der Waals surface area contributed by atoms with Gasteiger partial charge in [-0.25, -0.2) is 14.8 Å². The Balaban J connectivity index is 2.26. The molecule has 114 valence electrons. The Kier molecular flexibility index (Phi) is 3.16. The summed E-state index contributed by atoms with van der Waals surface area (Å²) in [7, 11) is 2.98. The van der Waals surface area contributed by atoms with Crippen molar-refractivity contribution < 1.29 is 4.39 Å². The number of halogens is 1. The Labute approximate surface area is 124 Å². The molecule has 1 atom stereocenters. The second kappa shape index (κ2) is 4.90. The molecule has 3 heterocycles. The minimum Gasteiger partial charge on any atom is -0.317 e. The van der Waals surface area contributed by atoms with E-state index in [9.17, 15) is 14.0 Å². The molecule has 0 aliphatic heterocycles. The second-order valence-electron chi connectivity index (χ2n) is 5.12. The van der Waals surface area contributed by atoms with E-state index in [1.807, 2.05) is 6.92 Å². The molecule has 0 fully saturated rings. The third-order valence-corrected chi connectivity index (χ3v) is 3.82. The largest absolute Gasteiger partial charge is 0.332 e. The Bertz CT molecular complexity index is 968. The Morgan fingerprint density at radius 3 is 2.50 bits per heavy atom. The predicted molar refractivity (Wildman–Crippen MR) is 78.2 cm³/mol. The Hall–Kier alpha value is -2.77. The third-order valence-electron chi connectivity index (χ3n) is 3.82. The fourth-order valence-electron chi connectivity index (χ4n) is 2.45. The molecule has 22 heavy (non-hydrogen) atoms. The van der Waals surface area contributed by atoms with Crippen molar-refractivity contribution in [3.05, 3.63) is 57.0 Å². The number of pyridine rings is 1. The predicted octanol–water partition coefficient (Wildman–Crippen LogP) is 0.577. The van der Waals surface area contributed by atoms with Gasteiger partial charge in [0, 0.05) is 20.3 Å². The first-order chi connectivity index (χ1) is 10.4. The molecule has 3 rings (SSSR count). The summed E-state index contributed by atoms with van der Waals surface area (Å²) in [6, 6.07) is 2.59. The van der Waals surface area contributed by atoms with Crippen LogP contribution in [0, 0.1) is 5.95 Å². The second-order valence-corrected chi connectivity index (χ2v) is 5.12. The average Bonchev–Trinajstić information content (AvgIpc) is 2.96. The van der Waals surface area contributed by atoms with Crippen LogP contribution in [0.3, 0.4) is 0 Å². The molecule has 0 aliphatic carbocycles. The SMILES string of the molecule is CC(c1ccc(F)nc1)n1cnc2c1c(=O)n(C)c(=O)n2C. The van der Waals surface area contributed by atoms with E-state index < -0.39 is 17.2 Å². The van der Waals surface area contributed by atoms with Gasteiger partial charge in [0.1, 0.15) is 0 Å². The third kappa shape index (κ3) is 1.95. The van der Waals surface area contributed by atoms with Crippen molar-refractivity contribution in [3.63, 3.8) is 0 Å². The zero-order valence-electron chi connectivity index (χ0n) is 12.3. The molecule has 0 saturated heterocycles. The normalized spacial score (nSPS) is 12.7. The minimum atomic E-state index is -0.565. The molecule has 0 N–H and O–H groups in total. The van der Waals surface area contributed by atoms with E-state index in [1.165, 1.54) is 30.2 Å². The Morgan fingerprint density at radius 1 is 1.14 bits per heavy atom. The lowest BCUT2D eigenvalue weighted by Crippen LogP contribution is -2.37. The number of nitrogens with zero attached hydrogens (tertiary/aromatic N) is 5. The van der Waals surface area contributed by atoms with Crippen LogP contribution >= 0.6 is 0 Å². The van der Waals surface area contributed by atoms with Crippen LogP contribution in [0.15, 0.2) is 34.2 Å². The maximum absolute atomic E-state index is 12.9. The maximum Gasteiger partial charge on any atom is 0.332 e. The number of aryl methyl sites for hydroxylation is 1. The molecule has 7 nitrogen and oxygen atoms in total. The van der Waals surface area contributed by atoms with Crippen LogP contribution in [0.5, 0.6) is 0 Å². The first kappa shape index (κ1) is 14.2. The number of rotatable bonds is 2. The van der Waals surface area contributed by atoms with Gasteiger partial charge in [-0.2, -0.15) is 4.39 Å². The van der Waals surface area contributed by atoms with E-state index in [0.717, 1.165) is 10.1 Å². The van der Waals surface area contributed by atoms with E-state index >= 15 is 0 Å². The van der Waals surface area contributed by atoms with Crippen LogP contribution in [-0.2, 0) is 14.1 Å². The molecule has 8 heteroatoms. The van der Waals surface area contributed by atoms with E-state index in [0.29, 0.717) is 11.2 Å². The summed E-state index contributed by atoms with van der Waals surface area (Å²) in [5, 5.41) is 0. The smallest absolute Gasteiger partial charge is 0.317 e. The lowest BCUT2D eigenvalue weighted by molar-refractivity contribution is 0.575. The van der Waals surface area contributed by atoms with Gasteiger partial charge in [-0.05, 0) is 18.6 Å². The molecular weight excluding hydrogens is 289 g/mol. The maximum atomic E-state index is 12.9. The molecule has 0 saturated carbocycles. The Morgan fingerprint density at radius 2 is 1.86 bits per heavy atom. The van der Waals surface area contributed by atoms with Gasteiger partial charge in [0.2, 0.25) is 5.95 Å². The molecule has 3 aromatic heterocycles. The first-order valence-electron chi connectivity index (χ1n) is 6.66. The van der Waals surface area contributed by atoms with Crippen molar-refractivity contribution >= 4 is 11.2 Å². The topological polar surface area (TPSA) is 74.7 Å². The molecule has 3 aromatic rings. The highest BCUT2D eigenvalue weighted by Gasteiger charge is 2.18. The molecule has 1 unspecified atom stereocenters. The van der Waals surface area contributed by atoms with Gasteiger partial charge >= 0.3 is 5.69 Å². The van der Waals surface area contributed by atoms with Gasteiger partial charge < -0.3 is 4.57 Å². The van der Waals surface area contributed by atoms with Crippen molar-refractivity contribution in [1.82, 2.24) is 23.7 Å². The van der Waals surface area contributed by atoms with Crippen LogP contribution < -0.4 is 11.2 Å². The van der Waals surface area contributed by atoms with Crippen molar-refractivity contribution in [2.24, 2.45) is 14.1 Å². The lowest BCUT2D eigenvalue weighted by atomic mass is 10.1. The molecule has 0 amide bonds. The average molecular weight is 303 g/mol. The monoisotopic (exact) mass is 303 g/mol. The molecule has 0 aromatic carbocycles. The van der Waals surface area contributed by atoms with E-state index in [-0.39, 0.29) is 6.04 Å². The summed E-state index contributed by atoms with van der Waals surface area (Å²) >= 11 is 0. The molecule has 0 radical (unpaired) electrons. The molecule has 0 bridgehead atoms. The van der Waals surface area contributed by atoms with Crippen LogP contribution in [0.1, 0.15) is 18.5 Å². The molecule has 0 aliphatic rings. The van der Waals surface area contributed by atoms with Gasteiger partial charge in [-0.3, -0.25) is 13.9 Å². The number of hydrogen-bond donors (Lipinski definition) is 0. The zero-order chi connectivity index (χ0) is 16.0. The van der Waals surface area contributed by atoms with Crippen molar-refractivity contribution in [1.29, 1.82) is 0 Å². The van der Waals surface area contributed by atoms with Crippen molar-refractivity contribution in [2.45, 2.75) is 13.0 Å². The van der Waals surface area contributed by atoms with Gasteiger partial charge in [0.05, 0.1) is 12.4 Å². The molecular formula is C14H14FN5O2. The molecule has 0 spiro atoms. The summed E-state index contributed by atoms with van der Waals surface area (Å²) in [6.45, 7) is 1.85. The first-order valence-corrected chi connectivity index (χ1v) is 6.66. The van der Waals surface area contributed by atoms with Gasteiger partial charge in [0.15, 0.2) is 11.2 Å². The number of imidazole rings is 1. The van der Waals surface area contributed by atoms with Crippen LogP contribution in [0.2, 0.25) is 0 Å². The van der Waals surface area contributed by atoms with E-state index in [4.69, 9.17) is 0 Å². The fourth-order valence-corrected chi connectivity index (χ4v) is 2.45. The zero-order valence-corrected chi connectivity index (χ0v) is 12.3. The highest BCUT2D eigenvalue weighted by atomic mass is 19.1. The van der Waals surface area contributed by atoms with Gasteiger partial charge in [-0.15, -0.1) is 0 Å². The summed E-state index contributed by atoms with van der Waals surface area (Å²) < 4.78 is 17.0. The van der Waals surface area contributed by atoms with Crippen LogP contribution in [0.25, 0.3) is 11.2 Å². The van der Waals surface area contributed by atoms with E-state index in [2.05, 4.69) is 9.97 Å². The summed E-state index contributed by atoms with van der Waals surface area (Å²) in [5.41, 5.74) is 0.518. The van der Waals surface area contributed by atoms with Crippen molar-refractivity contribution in [3.8, 4) is 0 Å². The number of fused-ring (bicyclic) bond motifs is 1. The minimum absolute atomic E-state index is 0.275. The number of aromatic nitrogens is 5.